The number of amides is 1. The molecule has 1 aliphatic rings. The summed E-state index contributed by atoms with van der Waals surface area (Å²) in [5.41, 5.74) is 2.49. The highest BCUT2D eigenvalue weighted by Gasteiger charge is 2.15. The van der Waals surface area contributed by atoms with Crippen molar-refractivity contribution in [2.24, 2.45) is 5.92 Å². The Labute approximate surface area is 123 Å². The summed E-state index contributed by atoms with van der Waals surface area (Å²) in [4.78, 5) is 11.8. The fourth-order valence-electron chi connectivity index (χ4n) is 2.39. The molecule has 1 aromatic rings. The van der Waals surface area contributed by atoms with Crippen LogP contribution in [-0.4, -0.2) is 25.5 Å². The van der Waals surface area contributed by atoms with Crippen LogP contribution in [0.1, 0.15) is 24.0 Å². The molecular formula is C15H21BrN2O. The molecule has 1 fully saturated rings. The highest BCUT2D eigenvalue weighted by Crippen LogP contribution is 2.17. The van der Waals surface area contributed by atoms with Gasteiger partial charge in [0.2, 0.25) is 5.91 Å². The quantitative estimate of drug-likeness (QED) is 0.873. The first-order valence-electron chi connectivity index (χ1n) is 6.87. The molecule has 2 N–H and O–H groups in total. The lowest BCUT2D eigenvalue weighted by Crippen LogP contribution is -2.30. The molecule has 1 atom stereocenters. The molecule has 1 saturated heterocycles. The van der Waals surface area contributed by atoms with E-state index < -0.39 is 0 Å². The second kappa shape index (κ2) is 7.06. The van der Waals surface area contributed by atoms with Gasteiger partial charge in [-0.15, -0.1) is 0 Å². The third kappa shape index (κ3) is 4.62. The van der Waals surface area contributed by atoms with E-state index in [0.29, 0.717) is 12.3 Å². The van der Waals surface area contributed by atoms with Gasteiger partial charge in [0.1, 0.15) is 0 Å². The van der Waals surface area contributed by atoms with Gasteiger partial charge >= 0.3 is 0 Å². The van der Waals surface area contributed by atoms with Crippen molar-refractivity contribution in [3.63, 3.8) is 0 Å². The Morgan fingerprint density at radius 3 is 3.11 bits per heavy atom. The van der Waals surface area contributed by atoms with Crippen LogP contribution >= 0.6 is 15.9 Å². The van der Waals surface area contributed by atoms with E-state index in [1.807, 2.05) is 6.07 Å². The SMILES string of the molecule is Cc1ccc(Br)cc1CCC(=O)NCC1CCNC1. The van der Waals surface area contributed by atoms with Gasteiger partial charge in [-0.3, -0.25) is 4.79 Å². The summed E-state index contributed by atoms with van der Waals surface area (Å²) >= 11 is 3.47. The van der Waals surface area contributed by atoms with E-state index in [0.717, 1.165) is 30.5 Å². The molecule has 0 radical (unpaired) electrons. The smallest absolute Gasteiger partial charge is 0.220 e. The maximum atomic E-state index is 11.8. The van der Waals surface area contributed by atoms with Crippen LogP contribution in [0.2, 0.25) is 0 Å². The van der Waals surface area contributed by atoms with Crippen molar-refractivity contribution in [2.45, 2.75) is 26.2 Å². The summed E-state index contributed by atoms with van der Waals surface area (Å²) in [5.74, 6) is 0.767. The van der Waals surface area contributed by atoms with Gasteiger partial charge in [0.05, 0.1) is 0 Å². The molecule has 1 unspecified atom stereocenters. The Kier molecular flexibility index (Phi) is 5.40. The summed E-state index contributed by atoms with van der Waals surface area (Å²) in [6.45, 7) is 5.01. The van der Waals surface area contributed by atoms with Gasteiger partial charge < -0.3 is 10.6 Å². The molecule has 1 heterocycles. The largest absolute Gasteiger partial charge is 0.356 e. The minimum Gasteiger partial charge on any atom is -0.356 e. The van der Waals surface area contributed by atoms with Gasteiger partial charge in [-0.2, -0.15) is 0 Å². The predicted octanol–water partition coefficient (Wildman–Crippen LogP) is 2.42. The summed E-state index contributed by atoms with van der Waals surface area (Å²) in [6.07, 6.45) is 2.54. The summed E-state index contributed by atoms with van der Waals surface area (Å²) in [5, 5.41) is 6.35. The first-order chi connectivity index (χ1) is 9.15. The van der Waals surface area contributed by atoms with Crippen molar-refractivity contribution >= 4 is 21.8 Å². The molecule has 19 heavy (non-hydrogen) atoms. The molecule has 2 rings (SSSR count). The fourth-order valence-corrected chi connectivity index (χ4v) is 2.80. The molecule has 1 amide bonds. The van der Waals surface area contributed by atoms with E-state index in [2.05, 4.69) is 45.6 Å². The van der Waals surface area contributed by atoms with Crippen LogP contribution in [0.15, 0.2) is 22.7 Å². The lowest BCUT2D eigenvalue weighted by Gasteiger charge is -2.11. The van der Waals surface area contributed by atoms with Crippen LogP contribution in [-0.2, 0) is 11.2 Å². The van der Waals surface area contributed by atoms with E-state index >= 15 is 0 Å². The van der Waals surface area contributed by atoms with E-state index in [1.165, 1.54) is 17.5 Å². The van der Waals surface area contributed by atoms with Crippen LogP contribution in [0.5, 0.6) is 0 Å². The first-order valence-corrected chi connectivity index (χ1v) is 7.67. The Morgan fingerprint density at radius 1 is 1.53 bits per heavy atom. The average Bonchev–Trinajstić information content (AvgIpc) is 2.90. The monoisotopic (exact) mass is 324 g/mol. The van der Waals surface area contributed by atoms with Crippen LogP contribution in [0.25, 0.3) is 0 Å². The maximum absolute atomic E-state index is 11.8. The molecule has 0 saturated carbocycles. The normalized spacial score (nSPS) is 18.5. The zero-order chi connectivity index (χ0) is 13.7. The predicted molar refractivity (Wildman–Crippen MR) is 81.2 cm³/mol. The zero-order valence-electron chi connectivity index (χ0n) is 11.3. The number of hydrogen-bond donors (Lipinski definition) is 2. The highest BCUT2D eigenvalue weighted by atomic mass is 79.9. The Hall–Kier alpha value is -0.870. The molecule has 1 aliphatic heterocycles. The second-order valence-electron chi connectivity index (χ2n) is 5.23. The molecule has 0 spiro atoms. The number of aryl methyl sites for hydroxylation is 2. The Bertz CT molecular complexity index is 442. The van der Waals surface area contributed by atoms with Gasteiger partial charge in [0, 0.05) is 17.4 Å². The van der Waals surface area contributed by atoms with Gasteiger partial charge in [-0.1, -0.05) is 22.0 Å². The standard InChI is InChI=1S/C15H21BrN2O/c1-11-2-4-14(16)8-13(11)3-5-15(19)18-10-12-6-7-17-9-12/h2,4,8,12,17H,3,5-7,9-10H2,1H3,(H,18,19). The lowest BCUT2D eigenvalue weighted by atomic mass is 10.0. The molecule has 1 aromatic carbocycles. The van der Waals surface area contributed by atoms with Crippen LogP contribution in [0.3, 0.4) is 0 Å². The summed E-state index contributed by atoms with van der Waals surface area (Å²) in [7, 11) is 0. The number of hydrogen-bond acceptors (Lipinski definition) is 2. The maximum Gasteiger partial charge on any atom is 0.220 e. The van der Waals surface area contributed by atoms with Gasteiger partial charge in [-0.25, -0.2) is 0 Å². The van der Waals surface area contributed by atoms with Crippen molar-refractivity contribution in [1.29, 1.82) is 0 Å². The average molecular weight is 325 g/mol. The summed E-state index contributed by atoms with van der Waals surface area (Å²) in [6, 6.07) is 6.22. The van der Waals surface area contributed by atoms with Crippen LogP contribution in [0.4, 0.5) is 0 Å². The third-order valence-corrected chi connectivity index (χ3v) is 4.18. The zero-order valence-corrected chi connectivity index (χ0v) is 12.9. The molecule has 0 bridgehead atoms. The Morgan fingerprint density at radius 2 is 2.37 bits per heavy atom. The van der Waals surface area contributed by atoms with Crippen molar-refractivity contribution in [1.82, 2.24) is 10.6 Å². The second-order valence-corrected chi connectivity index (χ2v) is 6.15. The third-order valence-electron chi connectivity index (χ3n) is 3.68. The molecule has 4 heteroatoms. The van der Waals surface area contributed by atoms with E-state index in [-0.39, 0.29) is 5.91 Å². The van der Waals surface area contributed by atoms with E-state index in [4.69, 9.17) is 0 Å². The minimum atomic E-state index is 0.159. The molecule has 3 nitrogen and oxygen atoms in total. The number of rotatable bonds is 5. The van der Waals surface area contributed by atoms with Gasteiger partial charge in [0.15, 0.2) is 0 Å². The Balaban J connectivity index is 1.74. The highest BCUT2D eigenvalue weighted by molar-refractivity contribution is 9.10. The topological polar surface area (TPSA) is 41.1 Å². The number of carbonyl (C=O) groups is 1. The van der Waals surface area contributed by atoms with E-state index in [9.17, 15) is 4.79 Å². The van der Waals surface area contributed by atoms with Crippen LogP contribution in [0, 0.1) is 12.8 Å². The van der Waals surface area contributed by atoms with Crippen molar-refractivity contribution in [2.75, 3.05) is 19.6 Å². The van der Waals surface area contributed by atoms with Gasteiger partial charge in [-0.05, 0) is 62.0 Å². The fraction of sp³-hybridized carbons (Fsp3) is 0.533. The summed E-state index contributed by atoms with van der Waals surface area (Å²) < 4.78 is 1.07. The molecule has 0 aliphatic carbocycles. The van der Waals surface area contributed by atoms with Crippen molar-refractivity contribution < 1.29 is 4.79 Å². The van der Waals surface area contributed by atoms with E-state index in [1.54, 1.807) is 0 Å². The molecular weight excluding hydrogens is 304 g/mol. The minimum absolute atomic E-state index is 0.159. The first kappa shape index (κ1) is 14.5. The number of benzene rings is 1. The molecule has 104 valence electrons. The molecule has 0 aromatic heterocycles. The number of carbonyl (C=O) groups excluding carboxylic acids is 1. The number of nitrogens with one attached hydrogen (secondary N) is 2. The number of halogens is 1. The lowest BCUT2D eigenvalue weighted by molar-refractivity contribution is -0.121. The van der Waals surface area contributed by atoms with Crippen molar-refractivity contribution in [3.8, 4) is 0 Å². The van der Waals surface area contributed by atoms with Crippen molar-refractivity contribution in [3.05, 3.63) is 33.8 Å². The van der Waals surface area contributed by atoms with Gasteiger partial charge in [0.25, 0.3) is 0 Å². The van der Waals surface area contributed by atoms with Crippen LogP contribution < -0.4 is 10.6 Å².